The van der Waals surface area contributed by atoms with Crippen LogP contribution in [0.3, 0.4) is 0 Å². The summed E-state index contributed by atoms with van der Waals surface area (Å²) >= 11 is 1.73. The summed E-state index contributed by atoms with van der Waals surface area (Å²) in [6, 6.07) is 0.614. The summed E-state index contributed by atoms with van der Waals surface area (Å²) in [5.41, 5.74) is 2.17. The third-order valence-corrected chi connectivity index (χ3v) is 4.92. The highest BCUT2D eigenvalue weighted by Gasteiger charge is 2.36. The van der Waals surface area contributed by atoms with Gasteiger partial charge in [-0.1, -0.05) is 18.7 Å². The van der Waals surface area contributed by atoms with E-state index in [1.807, 2.05) is 0 Å². The number of hydrogen-bond donors (Lipinski definition) is 2. The molecule has 1 heterocycles. The second-order valence-corrected chi connectivity index (χ2v) is 7.16. The first kappa shape index (κ1) is 13.9. The molecule has 3 rings (SSSR count). The lowest BCUT2D eigenvalue weighted by molar-refractivity contribution is -0.121. The predicted molar refractivity (Wildman–Crippen MR) is 77.2 cm³/mol. The van der Waals surface area contributed by atoms with Crippen LogP contribution in [0.1, 0.15) is 63.2 Å². The largest absolute Gasteiger partial charge is 0.303 e. The third-order valence-electron chi connectivity index (χ3n) is 3.79. The molecule has 2 fully saturated rings. The van der Waals surface area contributed by atoms with E-state index in [-0.39, 0.29) is 5.91 Å². The molecule has 2 aliphatic carbocycles. The summed E-state index contributed by atoms with van der Waals surface area (Å²) in [6.45, 7) is 2.12. The maximum Gasteiger partial charge on any atom is 0.233 e. The van der Waals surface area contributed by atoms with Crippen molar-refractivity contribution >= 4 is 17.7 Å². The number of carbonyl (C=O) groups is 1. The molecule has 110 valence electrons. The van der Waals surface area contributed by atoms with Crippen molar-refractivity contribution in [2.45, 2.75) is 67.8 Å². The van der Waals surface area contributed by atoms with Crippen molar-refractivity contribution in [1.82, 2.24) is 20.2 Å². The normalized spacial score (nSPS) is 19.9. The molecular weight excluding hydrogens is 274 g/mol. The number of rotatable bonds is 7. The highest BCUT2D eigenvalue weighted by molar-refractivity contribution is 7.99. The molecule has 1 amide bonds. The molecule has 0 spiro atoms. The van der Waals surface area contributed by atoms with Crippen molar-refractivity contribution in [3.8, 4) is 0 Å². The number of nitrogens with zero attached hydrogens (tertiary/aromatic N) is 3. The van der Waals surface area contributed by atoms with Crippen molar-refractivity contribution in [1.29, 1.82) is 0 Å². The second kappa shape index (κ2) is 5.73. The highest BCUT2D eigenvalue weighted by Crippen LogP contribution is 2.46. The molecular formula is C13H21N5OS. The number of hydrazine groups is 1. The summed E-state index contributed by atoms with van der Waals surface area (Å²) < 4.78 is 2.35. The summed E-state index contributed by atoms with van der Waals surface area (Å²) in [6.07, 6.45) is 6.25. The van der Waals surface area contributed by atoms with Crippen molar-refractivity contribution < 1.29 is 4.79 Å². The van der Waals surface area contributed by atoms with E-state index >= 15 is 0 Å². The highest BCUT2D eigenvalue weighted by atomic mass is 32.2. The molecule has 0 saturated heterocycles. The number of carbonyl (C=O) groups excluding carboxylic acids is 1. The molecule has 2 saturated carbocycles. The average Bonchev–Trinajstić information content (AvgIpc) is 3.35. The van der Waals surface area contributed by atoms with Gasteiger partial charge in [0, 0.05) is 23.6 Å². The van der Waals surface area contributed by atoms with Crippen LogP contribution in [0.25, 0.3) is 0 Å². The Hall–Kier alpha value is -1.08. The summed E-state index contributed by atoms with van der Waals surface area (Å²) in [5, 5.41) is 10.1. The van der Waals surface area contributed by atoms with E-state index in [2.05, 4.69) is 27.1 Å². The number of hydrogen-bond acceptors (Lipinski definition) is 5. The van der Waals surface area contributed by atoms with Crippen LogP contribution < -0.4 is 11.3 Å². The van der Waals surface area contributed by atoms with Crippen LogP contribution in [0.2, 0.25) is 0 Å². The zero-order valence-electron chi connectivity index (χ0n) is 11.7. The van der Waals surface area contributed by atoms with Crippen molar-refractivity contribution in [2.75, 3.05) is 0 Å². The minimum absolute atomic E-state index is 0.111. The Morgan fingerprint density at radius 2 is 2.20 bits per heavy atom. The van der Waals surface area contributed by atoms with Gasteiger partial charge in [-0.2, -0.15) is 0 Å². The molecule has 0 aliphatic heterocycles. The molecule has 7 heteroatoms. The first-order chi connectivity index (χ1) is 9.69. The molecule has 6 nitrogen and oxygen atoms in total. The molecule has 0 aromatic carbocycles. The fourth-order valence-electron chi connectivity index (χ4n) is 2.31. The molecule has 1 atom stereocenters. The van der Waals surface area contributed by atoms with Crippen LogP contribution in [-0.4, -0.2) is 25.9 Å². The van der Waals surface area contributed by atoms with Crippen LogP contribution in [-0.2, 0) is 4.79 Å². The van der Waals surface area contributed by atoms with Gasteiger partial charge in [-0.05, 0) is 32.1 Å². The van der Waals surface area contributed by atoms with Crippen LogP contribution in [0, 0.1) is 0 Å². The number of nitrogens with one attached hydrogen (secondary N) is 1. The van der Waals surface area contributed by atoms with E-state index in [1.165, 1.54) is 31.5 Å². The quantitative estimate of drug-likeness (QED) is 0.346. The SMILES string of the molecule is CC(CCC(=O)NN)Sc1nnc(C2CC2)n1C1CC1. The molecule has 2 aliphatic rings. The molecule has 0 bridgehead atoms. The minimum Gasteiger partial charge on any atom is -0.303 e. The smallest absolute Gasteiger partial charge is 0.233 e. The van der Waals surface area contributed by atoms with Gasteiger partial charge in [0.15, 0.2) is 5.16 Å². The van der Waals surface area contributed by atoms with Gasteiger partial charge in [0.25, 0.3) is 0 Å². The fourth-order valence-corrected chi connectivity index (χ4v) is 3.35. The predicted octanol–water partition coefficient (Wildman–Crippen LogP) is 1.74. The Kier molecular flexibility index (Phi) is 3.98. The Balaban J connectivity index is 1.63. The van der Waals surface area contributed by atoms with E-state index < -0.39 is 0 Å². The first-order valence-corrected chi connectivity index (χ1v) is 8.18. The lowest BCUT2D eigenvalue weighted by Crippen LogP contribution is -2.30. The van der Waals surface area contributed by atoms with Gasteiger partial charge in [0.1, 0.15) is 5.82 Å². The standard InChI is InChI=1S/C13H21N5OS/c1-8(2-7-11(19)15-14)20-13-17-16-12(9-3-4-9)18(13)10-5-6-10/h8-10H,2-7,14H2,1H3,(H,15,19). The van der Waals surface area contributed by atoms with Gasteiger partial charge < -0.3 is 4.57 Å². The third kappa shape index (κ3) is 3.15. The Morgan fingerprint density at radius 3 is 2.80 bits per heavy atom. The lowest BCUT2D eigenvalue weighted by atomic mass is 10.2. The van der Waals surface area contributed by atoms with E-state index in [4.69, 9.17) is 5.84 Å². The van der Waals surface area contributed by atoms with Crippen molar-refractivity contribution in [2.24, 2.45) is 5.84 Å². The van der Waals surface area contributed by atoms with Gasteiger partial charge in [0.05, 0.1) is 0 Å². The van der Waals surface area contributed by atoms with Gasteiger partial charge in [-0.3, -0.25) is 10.2 Å². The monoisotopic (exact) mass is 295 g/mol. The van der Waals surface area contributed by atoms with Crippen LogP contribution >= 0.6 is 11.8 Å². The van der Waals surface area contributed by atoms with E-state index in [0.717, 1.165) is 11.6 Å². The van der Waals surface area contributed by atoms with Gasteiger partial charge in [-0.25, -0.2) is 5.84 Å². The van der Waals surface area contributed by atoms with Crippen molar-refractivity contribution in [3.05, 3.63) is 5.82 Å². The summed E-state index contributed by atoms with van der Waals surface area (Å²) in [5.74, 6) is 6.80. The van der Waals surface area contributed by atoms with Crippen LogP contribution in [0.4, 0.5) is 0 Å². The molecule has 1 unspecified atom stereocenters. The average molecular weight is 295 g/mol. The lowest BCUT2D eigenvalue weighted by Gasteiger charge is -2.12. The molecule has 1 aromatic rings. The van der Waals surface area contributed by atoms with E-state index in [9.17, 15) is 4.79 Å². The Morgan fingerprint density at radius 1 is 1.45 bits per heavy atom. The summed E-state index contributed by atoms with van der Waals surface area (Å²) in [4.78, 5) is 11.2. The maximum absolute atomic E-state index is 11.2. The van der Waals surface area contributed by atoms with E-state index in [1.54, 1.807) is 11.8 Å². The number of thioether (sulfide) groups is 1. The molecule has 3 N–H and O–H groups in total. The second-order valence-electron chi connectivity index (χ2n) is 5.75. The summed E-state index contributed by atoms with van der Waals surface area (Å²) in [7, 11) is 0. The fraction of sp³-hybridized carbons (Fsp3) is 0.769. The molecule has 0 radical (unpaired) electrons. The Labute approximate surface area is 122 Å². The Bertz CT molecular complexity index is 495. The number of nitrogens with two attached hydrogens (primary N) is 1. The van der Waals surface area contributed by atoms with Gasteiger partial charge >= 0.3 is 0 Å². The van der Waals surface area contributed by atoms with Crippen molar-refractivity contribution in [3.63, 3.8) is 0 Å². The van der Waals surface area contributed by atoms with Crippen LogP contribution in [0.5, 0.6) is 0 Å². The molecule has 20 heavy (non-hydrogen) atoms. The zero-order chi connectivity index (χ0) is 14.1. The maximum atomic E-state index is 11.2. The van der Waals surface area contributed by atoms with E-state index in [0.29, 0.717) is 23.6 Å². The van der Waals surface area contributed by atoms with Gasteiger partial charge in [-0.15, -0.1) is 10.2 Å². The zero-order valence-corrected chi connectivity index (χ0v) is 12.5. The number of aromatic nitrogens is 3. The van der Waals surface area contributed by atoms with Crippen LogP contribution in [0.15, 0.2) is 5.16 Å². The molecule has 1 aromatic heterocycles. The number of amides is 1. The van der Waals surface area contributed by atoms with Gasteiger partial charge in [0.2, 0.25) is 5.91 Å². The first-order valence-electron chi connectivity index (χ1n) is 7.30. The topological polar surface area (TPSA) is 85.8 Å². The minimum atomic E-state index is -0.111.